The van der Waals surface area contributed by atoms with E-state index in [1.807, 2.05) is 0 Å². The Balaban J connectivity index is 2.03. The van der Waals surface area contributed by atoms with Gasteiger partial charge in [-0.25, -0.2) is 0 Å². The molecule has 2 aliphatic heterocycles. The standard InChI is InChI=1S/C11H10O5/c1-13-11(12)7-4-14-8-3-10-9(2-6(7)8)15-5-16-10/h2-3,7H,4-5H2,1H3. The van der Waals surface area contributed by atoms with Gasteiger partial charge >= 0.3 is 5.97 Å². The average molecular weight is 222 g/mol. The summed E-state index contributed by atoms with van der Waals surface area (Å²) in [6.07, 6.45) is 0. The molecular weight excluding hydrogens is 212 g/mol. The number of methoxy groups -OCH3 is 1. The Labute approximate surface area is 91.9 Å². The minimum absolute atomic E-state index is 0.209. The zero-order chi connectivity index (χ0) is 11.1. The van der Waals surface area contributed by atoms with Crippen molar-refractivity contribution < 1.29 is 23.7 Å². The van der Waals surface area contributed by atoms with E-state index in [4.69, 9.17) is 18.9 Å². The lowest BCUT2D eigenvalue weighted by molar-refractivity contribution is -0.142. The van der Waals surface area contributed by atoms with E-state index in [0.717, 1.165) is 5.56 Å². The summed E-state index contributed by atoms with van der Waals surface area (Å²) in [7, 11) is 1.37. The zero-order valence-electron chi connectivity index (χ0n) is 8.69. The molecule has 0 saturated heterocycles. The molecule has 3 rings (SSSR count). The van der Waals surface area contributed by atoms with Crippen molar-refractivity contribution in [3.63, 3.8) is 0 Å². The van der Waals surface area contributed by atoms with Crippen LogP contribution in [0.25, 0.3) is 0 Å². The van der Waals surface area contributed by atoms with Gasteiger partial charge < -0.3 is 18.9 Å². The van der Waals surface area contributed by atoms with Crippen LogP contribution in [-0.2, 0) is 9.53 Å². The van der Waals surface area contributed by atoms with Crippen LogP contribution in [0.15, 0.2) is 12.1 Å². The molecule has 5 nitrogen and oxygen atoms in total. The lowest BCUT2D eigenvalue weighted by Gasteiger charge is -2.06. The van der Waals surface area contributed by atoms with Crippen LogP contribution in [0, 0.1) is 0 Å². The number of hydrogen-bond donors (Lipinski definition) is 0. The maximum atomic E-state index is 11.5. The first-order valence-electron chi connectivity index (χ1n) is 4.94. The van der Waals surface area contributed by atoms with Crippen molar-refractivity contribution in [1.29, 1.82) is 0 Å². The zero-order valence-corrected chi connectivity index (χ0v) is 8.69. The molecule has 0 amide bonds. The van der Waals surface area contributed by atoms with E-state index in [-0.39, 0.29) is 18.7 Å². The van der Waals surface area contributed by atoms with E-state index < -0.39 is 0 Å². The average Bonchev–Trinajstić information content (AvgIpc) is 2.90. The first-order valence-corrected chi connectivity index (χ1v) is 4.94. The Morgan fingerprint density at radius 1 is 1.25 bits per heavy atom. The molecule has 0 N–H and O–H groups in total. The molecule has 0 bridgehead atoms. The van der Waals surface area contributed by atoms with Crippen LogP contribution in [0.1, 0.15) is 11.5 Å². The number of fused-ring (bicyclic) bond motifs is 2. The Hall–Kier alpha value is -1.91. The summed E-state index contributed by atoms with van der Waals surface area (Å²) >= 11 is 0. The molecule has 16 heavy (non-hydrogen) atoms. The highest BCUT2D eigenvalue weighted by Crippen LogP contribution is 2.44. The van der Waals surface area contributed by atoms with Crippen LogP contribution in [0.3, 0.4) is 0 Å². The Kier molecular flexibility index (Phi) is 1.92. The fourth-order valence-electron chi connectivity index (χ4n) is 1.94. The summed E-state index contributed by atoms with van der Waals surface area (Å²) in [5.74, 6) is 1.31. The third-order valence-electron chi connectivity index (χ3n) is 2.77. The summed E-state index contributed by atoms with van der Waals surface area (Å²) in [5, 5.41) is 0. The molecule has 1 unspecified atom stereocenters. The van der Waals surface area contributed by atoms with Gasteiger partial charge in [-0.15, -0.1) is 0 Å². The molecule has 0 radical (unpaired) electrons. The second-order valence-corrected chi connectivity index (χ2v) is 3.63. The van der Waals surface area contributed by atoms with E-state index >= 15 is 0 Å². The van der Waals surface area contributed by atoms with E-state index in [1.54, 1.807) is 12.1 Å². The lowest BCUT2D eigenvalue weighted by atomic mass is 10.0. The number of hydrogen-bond acceptors (Lipinski definition) is 5. The molecular formula is C11H10O5. The monoisotopic (exact) mass is 222 g/mol. The van der Waals surface area contributed by atoms with Crippen LogP contribution in [0.5, 0.6) is 17.2 Å². The first-order chi connectivity index (χ1) is 7.79. The Bertz CT molecular complexity index is 454. The van der Waals surface area contributed by atoms with Gasteiger partial charge in [-0.05, 0) is 6.07 Å². The van der Waals surface area contributed by atoms with Crippen LogP contribution >= 0.6 is 0 Å². The largest absolute Gasteiger partial charge is 0.492 e. The molecule has 0 spiro atoms. The van der Waals surface area contributed by atoms with Gasteiger partial charge in [0.15, 0.2) is 11.5 Å². The molecule has 0 aromatic heterocycles. The number of ether oxygens (including phenoxy) is 4. The van der Waals surface area contributed by atoms with Gasteiger partial charge in [0.1, 0.15) is 18.3 Å². The summed E-state index contributed by atoms with van der Waals surface area (Å²) in [4.78, 5) is 11.5. The molecule has 5 heteroatoms. The van der Waals surface area contributed by atoms with Gasteiger partial charge in [-0.2, -0.15) is 0 Å². The topological polar surface area (TPSA) is 54.0 Å². The first kappa shape index (κ1) is 9.33. The van der Waals surface area contributed by atoms with Crippen LogP contribution in [-0.4, -0.2) is 26.5 Å². The molecule has 84 valence electrons. The number of carbonyl (C=O) groups is 1. The van der Waals surface area contributed by atoms with Crippen molar-refractivity contribution in [2.45, 2.75) is 5.92 Å². The van der Waals surface area contributed by atoms with E-state index in [9.17, 15) is 4.79 Å². The van der Waals surface area contributed by atoms with E-state index in [2.05, 4.69) is 0 Å². The second-order valence-electron chi connectivity index (χ2n) is 3.63. The third-order valence-corrected chi connectivity index (χ3v) is 2.77. The van der Waals surface area contributed by atoms with Gasteiger partial charge in [0.05, 0.1) is 7.11 Å². The highest BCUT2D eigenvalue weighted by atomic mass is 16.7. The van der Waals surface area contributed by atoms with Gasteiger partial charge in [-0.3, -0.25) is 4.79 Å². The number of esters is 1. The maximum Gasteiger partial charge on any atom is 0.316 e. The van der Waals surface area contributed by atoms with Crippen molar-refractivity contribution in [3.8, 4) is 17.2 Å². The van der Waals surface area contributed by atoms with Crippen LogP contribution < -0.4 is 14.2 Å². The van der Waals surface area contributed by atoms with Crippen molar-refractivity contribution in [2.24, 2.45) is 0 Å². The van der Waals surface area contributed by atoms with Crippen molar-refractivity contribution >= 4 is 5.97 Å². The summed E-state index contributed by atoms with van der Waals surface area (Å²) in [6, 6.07) is 3.53. The second kappa shape index (κ2) is 3.30. The predicted octanol–water partition coefficient (Wildman–Crippen LogP) is 1.06. The minimum atomic E-state index is -0.366. The van der Waals surface area contributed by atoms with Crippen molar-refractivity contribution in [2.75, 3.05) is 20.5 Å². The molecule has 0 aliphatic carbocycles. The molecule has 0 saturated carbocycles. The van der Waals surface area contributed by atoms with Gasteiger partial charge in [-0.1, -0.05) is 0 Å². The molecule has 1 aromatic rings. The fourth-order valence-corrected chi connectivity index (χ4v) is 1.94. The van der Waals surface area contributed by atoms with E-state index in [0.29, 0.717) is 23.9 Å². The number of rotatable bonds is 1. The lowest BCUT2D eigenvalue weighted by Crippen LogP contribution is -2.15. The van der Waals surface area contributed by atoms with Crippen LogP contribution in [0.4, 0.5) is 0 Å². The predicted molar refractivity (Wildman–Crippen MR) is 52.8 cm³/mol. The third kappa shape index (κ3) is 1.21. The molecule has 2 aliphatic rings. The maximum absolute atomic E-state index is 11.5. The Morgan fingerprint density at radius 2 is 2.00 bits per heavy atom. The summed E-state index contributed by atoms with van der Waals surface area (Å²) in [6.45, 7) is 0.520. The molecule has 1 atom stereocenters. The normalized spacial score (nSPS) is 20.2. The number of carbonyl (C=O) groups excluding carboxylic acids is 1. The highest BCUT2D eigenvalue weighted by Gasteiger charge is 2.33. The number of benzene rings is 1. The quantitative estimate of drug-likeness (QED) is 0.665. The van der Waals surface area contributed by atoms with Crippen molar-refractivity contribution in [3.05, 3.63) is 17.7 Å². The SMILES string of the molecule is COC(=O)C1COc2cc3c(cc21)OCO3. The fraction of sp³-hybridized carbons (Fsp3) is 0.364. The summed E-state index contributed by atoms with van der Waals surface area (Å²) < 4.78 is 20.6. The highest BCUT2D eigenvalue weighted by molar-refractivity contribution is 5.81. The van der Waals surface area contributed by atoms with Gasteiger partial charge in [0.2, 0.25) is 6.79 Å². The van der Waals surface area contributed by atoms with Gasteiger partial charge in [0, 0.05) is 11.6 Å². The van der Waals surface area contributed by atoms with Gasteiger partial charge in [0.25, 0.3) is 0 Å². The Morgan fingerprint density at radius 3 is 2.75 bits per heavy atom. The molecule has 1 aromatic carbocycles. The van der Waals surface area contributed by atoms with Crippen LogP contribution in [0.2, 0.25) is 0 Å². The minimum Gasteiger partial charge on any atom is -0.492 e. The molecule has 0 fully saturated rings. The van der Waals surface area contributed by atoms with E-state index in [1.165, 1.54) is 7.11 Å². The van der Waals surface area contributed by atoms with Crippen molar-refractivity contribution in [1.82, 2.24) is 0 Å². The smallest absolute Gasteiger partial charge is 0.316 e. The molecule has 2 heterocycles. The summed E-state index contributed by atoms with van der Waals surface area (Å²) in [5.41, 5.74) is 0.802.